The Morgan fingerprint density at radius 1 is 1.33 bits per heavy atom. The number of hydrogen-bond donors (Lipinski definition) is 1. The number of primary amides is 1. The smallest absolute Gasteiger partial charge is 0.249 e. The van der Waals surface area contributed by atoms with Gasteiger partial charge < -0.3 is 5.73 Å². The van der Waals surface area contributed by atoms with Crippen LogP contribution >= 0.6 is 0 Å². The lowest BCUT2D eigenvalue weighted by molar-refractivity contribution is -0.206. The number of rotatable bonds is 1. The molecular weight excluding hydrogens is 164 g/mol. The van der Waals surface area contributed by atoms with Crippen molar-refractivity contribution in [3.05, 3.63) is 0 Å². The van der Waals surface area contributed by atoms with E-state index in [0.717, 1.165) is 0 Å². The summed E-state index contributed by atoms with van der Waals surface area (Å²) < 4.78 is 24.9. The van der Waals surface area contributed by atoms with Crippen LogP contribution in [0.5, 0.6) is 0 Å². The van der Waals surface area contributed by atoms with E-state index in [0.29, 0.717) is 12.8 Å². The molecule has 0 aromatic carbocycles. The summed E-state index contributed by atoms with van der Waals surface area (Å²) in [6, 6.07) is 0. The van der Waals surface area contributed by atoms with Gasteiger partial charge in [0.05, 0.1) is 0 Å². The Balaban J connectivity index is 1.87. The van der Waals surface area contributed by atoms with Crippen LogP contribution in [0, 0.1) is 11.3 Å². The number of amides is 1. The van der Waals surface area contributed by atoms with Crippen LogP contribution in [0.3, 0.4) is 0 Å². The van der Waals surface area contributed by atoms with Crippen molar-refractivity contribution in [2.45, 2.75) is 31.6 Å². The van der Waals surface area contributed by atoms with Gasteiger partial charge in [-0.1, -0.05) is 0 Å². The van der Waals surface area contributed by atoms with E-state index in [2.05, 4.69) is 0 Å². The van der Waals surface area contributed by atoms with E-state index in [-0.39, 0.29) is 30.1 Å². The van der Waals surface area contributed by atoms with Gasteiger partial charge in [0.15, 0.2) is 0 Å². The summed E-state index contributed by atoms with van der Waals surface area (Å²) in [6.07, 6.45) is 1.09. The van der Waals surface area contributed by atoms with Crippen LogP contribution in [0.2, 0.25) is 0 Å². The number of nitrogens with two attached hydrogens (primary N) is 1. The normalized spacial score (nSPS) is 30.8. The standard InChI is InChI=1S/C8H11F2NO/c9-8(10)3-7(4-8)1-5(2-7)6(11)12/h5H,1-4H2,(H2,11,12). The first-order valence-electron chi connectivity index (χ1n) is 4.10. The molecule has 12 heavy (non-hydrogen) atoms. The fraction of sp³-hybridized carbons (Fsp3) is 0.875. The summed E-state index contributed by atoms with van der Waals surface area (Å²) in [5, 5.41) is 0. The van der Waals surface area contributed by atoms with Crippen LogP contribution in [0.25, 0.3) is 0 Å². The molecule has 2 fully saturated rings. The SMILES string of the molecule is NC(=O)C1CC2(C1)CC(F)(F)C2. The minimum absolute atomic E-state index is 0.0379. The second-order valence-electron chi connectivity index (χ2n) is 4.22. The second kappa shape index (κ2) is 1.98. The zero-order chi connectivity index (χ0) is 8.98. The second-order valence-corrected chi connectivity index (χ2v) is 4.22. The average molecular weight is 175 g/mol. The predicted octanol–water partition coefficient (Wildman–Crippen LogP) is 1.30. The molecule has 0 heterocycles. The molecule has 0 bridgehead atoms. The number of alkyl halides is 2. The maximum absolute atomic E-state index is 12.5. The van der Waals surface area contributed by atoms with Crippen molar-refractivity contribution >= 4 is 5.91 Å². The van der Waals surface area contributed by atoms with Gasteiger partial charge in [-0.2, -0.15) is 0 Å². The Morgan fingerprint density at radius 3 is 2.17 bits per heavy atom. The van der Waals surface area contributed by atoms with Gasteiger partial charge in [0, 0.05) is 18.8 Å². The number of carbonyl (C=O) groups is 1. The lowest BCUT2D eigenvalue weighted by Crippen LogP contribution is -2.56. The molecule has 0 radical (unpaired) electrons. The highest BCUT2D eigenvalue weighted by Gasteiger charge is 2.62. The third-order valence-electron chi connectivity index (χ3n) is 3.03. The van der Waals surface area contributed by atoms with Crippen LogP contribution in [-0.4, -0.2) is 11.8 Å². The Kier molecular flexibility index (Phi) is 1.31. The molecule has 0 aliphatic heterocycles. The Labute approximate surface area is 69.1 Å². The van der Waals surface area contributed by atoms with Crippen LogP contribution in [0.4, 0.5) is 8.78 Å². The van der Waals surface area contributed by atoms with Gasteiger partial charge in [0.25, 0.3) is 0 Å². The maximum atomic E-state index is 12.5. The van der Waals surface area contributed by atoms with Crippen LogP contribution in [0.15, 0.2) is 0 Å². The first kappa shape index (κ1) is 7.95. The summed E-state index contributed by atoms with van der Waals surface area (Å²) in [4.78, 5) is 10.6. The fourth-order valence-electron chi connectivity index (χ4n) is 2.52. The van der Waals surface area contributed by atoms with Gasteiger partial charge in [-0.15, -0.1) is 0 Å². The van der Waals surface area contributed by atoms with E-state index in [1.165, 1.54) is 0 Å². The van der Waals surface area contributed by atoms with Crippen molar-refractivity contribution in [3.63, 3.8) is 0 Å². The number of halogens is 2. The van der Waals surface area contributed by atoms with Gasteiger partial charge in [0.2, 0.25) is 11.8 Å². The average Bonchev–Trinajstić information content (AvgIpc) is 1.75. The third-order valence-corrected chi connectivity index (χ3v) is 3.03. The zero-order valence-electron chi connectivity index (χ0n) is 6.65. The third kappa shape index (κ3) is 1.01. The molecule has 0 unspecified atom stereocenters. The summed E-state index contributed by atoms with van der Waals surface area (Å²) >= 11 is 0. The van der Waals surface area contributed by atoms with E-state index in [4.69, 9.17) is 5.73 Å². The quantitative estimate of drug-likeness (QED) is 0.641. The molecule has 2 saturated carbocycles. The molecule has 0 saturated heterocycles. The first-order chi connectivity index (χ1) is 5.43. The Hall–Kier alpha value is -0.670. The van der Waals surface area contributed by atoms with Crippen molar-refractivity contribution in [2.24, 2.45) is 17.1 Å². The lowest BCUT2D eigenvalue weighted by atomic mass is 9.50. The van der Waals surface area contributed by atoms with Gasteiger partial charge >= 0.3 is 0 Å². The predicted molar refractivity (Wildman–Crippen MR) is 38.5 cm³/mol. The molecule has 2 rings (SSSR count). The minimum atomic E-state index is -2.47. The van der Waals surface area contributed by atoms with E-state index in [1.54, 1.807) is 0 Å². The number of carbonyl (C=O) groups excluding carboxylic acids is 1. The van der Waals surface area contributed by atoms with Crippen LogP contribution in [0.1, 0.15) is 25.7 Å². The van der Waals surface area contributed by atoms with Crippen LogP contribution in [-0.2, 0) is 4.79 Å². The van der Waals surface area contributed by atoms with Crippen molar-refractivity contribution in [2.75, 3.05) is 0 Å². The molecule has 4 heteroatoms. The fourth-order valence-corrected chi connectivity index (χ4v) is 2.52. The summed E-state index contributed by atoms with van der Waals surface area (Å²) in [7, 11) is 0. The Morgan fingerprint density at radius 2 is 1.83 bits per heavy atom. The molecule has 2 aliphatic rings. The highest BCUT2D eigenvalue weighted by Crippen LogP contribution is 2.64. The molecular formula is C8H11F2NO. The summed E-state index contributed by atoms with van der Waals surface area (Å²) in [6.45, 7) is 0. The molecule has 2 N–H and O–H groups in total. The molecule has 2 nitrogen and oxygen atoms in total. The molecule has 68 valence electrons. The molecule has 0 aromatic rings. The monoisotopic (exact) mass is 175 g/mol. The van der Waals surface area contributed by atoms with Crippen molar-refractivity contribution < 1.29 is 13.6 Å². The highest BCUT2D eigenvalue weighted by atomic mass is 19.3. The maximum Gasteiger partial charge on any atom is 0.249 e. The summed E-state index contributed by atoms with van der Waals surface area (Å²) in [5.74, 6) is -2.94. The molecule has 2 aliphatic carbocycles. The van der Waals surface area contributed by atoms with Gasteiger partial charge in [0.1, 0.15) is 0 Å². The van der Waals surface area contributed by atoms with Crippen LogP contribution < -0.4 is 5.73 Å². The Bertz CT molecular complexity index is 223. The minimum Gasteiger partial charge on any atom is -0.369 e. The largest absolute Gasteiger partial charge is 0.369 e. The van der Waals surface area contributed by atoms with E-state index < -0.39 is 5.92 Å². The van der Waals surface area contributed by atoms with Crippen molar-refractivity contribution in [1.29, 1.82) is 0 Å². The molecule has 1 amide bonds. The number of hydrogen-bond acceptors (Lipinski definition) is 1. The topological polar surface area (TPSA) is 43.1 Å². The lowest BCUT2D eigenvalue weighted by Gasteiger charge is -2.56. The van der Waals surface area contributed by atoms with E-state index in [1.807, 2.05) is 0 Å². The molecule has 0 atom stereocenters. The molecule has 1 spiro atoms. The highest BCUT2D eigenvalue weighted by molar-refractivity contribution is 5.77. The van der Waals surface area contributed by atoms with Crippen molar-refractivity contribution in [3.8, 4) is 0 Å². The first-order valence-corrected chi connectivity index (χ1v) is 4.10. The summed E-state index contributed by atoms with van der Waals surface area (Å²) in [5.41, 5.74) is 4.82. The van der Waals surface area contributed by atoms with Crippen molar-refractivity contribution in [1.82, 2.24) is 0 Å². The van der Waals surface area contributed by atoms with E-state index >= 15 is 0 Å². The zero-order valence-corrected chi connectivity index (χ0v) is 6.65. The van der Waals surface area contributed by atoms with E-state index in [9.17, 15) is 13.6 Å². The van der Waals surface area contributed by atoms with Gasteiger partial charge in [-0.3, -0.25) is 4.79 Å². The van der Waals surface area contributed by atoms with Gasteiger partial charge in [-0.25, -0.2) is 8.78 Å². The molecule has 0 aromatic heterocycles. The van der Waals surface area contributed by atoms with Gasteiger partial charge in [-0.05, 0) is 18.3 Å².